The largest absolute Gasteiger partial charge is 0.494 e. The van der Waals surface area contributed by atoms with Gasteiger partial charge in [0, 0.05) is 16.9 Å². The van der Waals surface area contributed by atoms with Gasteiger partial charge in [0.25, 0.3) is 0 Å². The maximum absolute atomic E-state index is 12.7. The third kappa shape index (κ3) is 5.61. The van der Waals surface area contributed by atoms with Crippen molar-refractivity contribution in [2.45, 2.75) is 26.7 Å². The van der Waals surface area contributed by atoms with Gasteiger partial charge in [0.1, 0.15) is 5.75 Å². The van der Waals surface area contributed by atoms with E-state index in [-0.39, 0.29) is 11.7 Å². The number of hydrogen-bond acceptors (Lipinski definition) is 7. The zero-order valence-corrected chi connectivity index (χ0v) is 20.4. The molecule has 0 bridgehead atoms. The van der Waals surface area contributed by atoms with E-state index in [1.165, 1.54) is 18.9 Å². The van der Waals surface area contributed by atoms with Crippen molar-refractivity contribution in [3.63, 3.8) is 0 Å². The number of benzene rings is 2. The van der Waals surface area contributed by atoms with Crippen molar-refractivity contribution < 1.29 is 19.1 Å². The number of anilines is 1. The molecular weight excluding hydrogens is 450 g/mol. The minimum Gasteiger partial charge on any atom is -0.494 e. The van der Waals surface area contributed by atoms with Crippen molar-refractivity contribution in [3.8, 4) is 11.8 Å². The Labute approximate surface area is 203 Å². The number of carbonyl (C=O) groups excluding carboxylic acids is 2. The van der Waals surface area contributed by atoms with E-state index in [4.69, 9.17) is 9.47 Å². The first-order chi connectivity index (χ1) is 16.4. The van der Waals surface area contributed by atoms with Gasteiger partial charge in [-0.3, -0.25) is 4.79 Å². The molecule has 0 radical (unpaired) electrons. The molecule has 2 N–H and O–H groups in total. The van der Waals surface area contributed by atoms with Crippen LogP contribution < -0.4 is 15.4 Å². The second kappa shape index (κ2) is 11.4. The van der Waals surface area contributed by atoms with Gasteiger partial charge in [0.05, 0.1) is 47.6 Å². The molecule has 0 unspecified atom stereocenters. The minimum absolute atomic E-state index is 0.0854. The third-order valence-electron chi connectivity index (χ3n) is 5.27. The second-order valence-corrected chi connectivity index (χ2v) is 8.60. The lowest BCUT2D eigenvalue weighted by atomic mass is 9.82. The minimum atomic E-state index is -0.691. The number of para-hydroxylation sites is 1. The van der Waals surface area contributed by atoms with E-state index in [0.29, 0.717) is 45.5 Å². The summed E-state index contributed by atoms with van der Waals surface area (Å²) in [6.45, 7) is 6.04. The first-order valence-electron chi connectivity index (χ1n) is 10.8. The maximum atomic E-state index is 12.7. The molecule has 1 aliphatic rings. The smallest absolute Gasteiger partial charge is 0.336 e. The van der Waals surface area contributed by atoms with Crippen molar-refractivity contribution in [3.05, 3.63) is 81.5 Å². The highest BCUT2D eigenvalue weighted by Crippen LogP contribution is 2.43. The van der Waals surface area contributed by atoms with E-state index in [9.17, 15) is 14.9 Å². The number of methoxy groups -OCH3 is 1. The highest BCUT2D eigenvalue weighted by molar-refractivity contribution is 8.03. The maximum Gasteiger partial charge on any atom is 0.336 e. The van der Waals surface area contributed by atoms with Crippen LogP contribution in [0.1, 0.15) is 30.9 Å². The van der Waals surface area contributed by atoms with Gasteiger partial charge in [-0.1, -0.05) is 47.7 Å². The quantitative estimate of drug-likeness (QED) is 0.535. The summed E-state index contributed by atoms with van der Waals surface area (Å²) in [5.74, 6) is -0.756. The lowest BCUT2D eigenvalue weighted by Crippen LogP contribution is -2.29. The standard InChI is InChI=1S/C26H27N3O4S/c1-5-33-21-9-7-6-8-19(21)24-20(14-27)25(28-17(3)23(24)26(31)32-4)34-15-22(30)29-18-12-10-16(2)11-13-18/h6-13,24,28H,5,15H2,1-4H3,(H,29,30)/t24-/m1/s1. The summed E-state index contributed by atoms with van der Waals surface area (Å²) in [5, 5.41) is 16.6. The van der Waals surface area contributed by atoms with Gasteiger partial charge in [-0.2, -0.15) is 5.26 Å². The average molecular weight is 478 g/mol. The Morgan fingerprint density at radius 1 is 1.15 bits per heavy atom. The molecule has 0 aromatic heterocycles. The number of carbonyl (C=O) groups is 2. The normalized spacial score (nSPS) is 15.3. The number of amides is 1. The van der Waals surface area contributed by atoms with E-state index < -0.39 is 11.9 Å². The van der Waals surface area contributed by atoms with Crippen LogP contribution >= 0.6 is 11.8 Å². The molecule has 1 amide bonds. The summed E-state index contributed by atoms with van der Waals surface area (Å²) in [6.07, 6.45) is 0. The molecule has 2 aromatic rings. The van der Waals surface area contributed by atoms with Gasteiger partial charge in [0.2, 0.25) is 5.91 Å². The molecule has 0 fully saturated rings. The Morgan fingerprint density at radius 2 is 1.85 bits per heavy atom. The zero-order valence-electron chi connectivity index (χ0n) is 19.6. The first-order valence-corrected chi connectivity index (χ1v) is 11.8. The van der Waals surface area contributed by atoms with Gasteiger partial charge in [0.15, 0.2) is 0 Å². The lowest BCUT2D eigenvalue weighted by Gasteiger charge is -2.30. The molecule has 8 heteroatoms. The van der Waals surface area contributed by atoms with Crippen LogP contribution in [0.4, 0.5) is 5.69 Å². The van der Waals surface area contributed by atoms with Gasteiger partial charge >= 0.3 is 5.97 Å². The van der Waals surface area contributed by atoms with Crippen LogP contribution in [0.25, 0.3) is 0 Å². The number of nitrogens with zero attached hydrogens (tertiary/aromatic N) is 1. The Balaban J connectivity index is 1.94. The summed E-state index contributed by atoms with van der Waals surface area (Å²) in [7, 11) is 1.31. The third-order valence-corrected chi connectivity index (χ3v) is 6.28. The number of nitrogens with one attached hydrogen (secondary N) is 2. The van der Waals surface area contributed by atoms with E-state index in [1.54, 1.807) is 6.92 Å². The first kappa shape index (κ1) is 24.9. The molecule has 3 rings (SSSR count). The van der Waals surface area contributed by atoms with Gasteiger partial charge in [-0.05, 0) is 39.0 Å². The van der Waals surface area contributed by atoms with Gasteiger partial charge < -0.3 is 20.1 Å². The fourth-order valence-electron chi connectivity index (χ4n) is 3.70. The Hall–Kier alpha value is -3.70. The van der Waals surface area contributed by atoms with Crippen molar-refractivity contribution in [2.24, 2.45) is 0 Å². The summed E-state index contributed by atoms with van der Waals surface area (Å²) in [5.41, 5.74) is 3.71. The fourth-order valence-corrected chi connectivity index (χ4v) is 4.59. The van der Waals surface area contributed by atoms with Crippen LogP contribution in [0.5, 0.6) is 5.75 Å². The molecule has 0 aliphatic carbocycles. The molecule has 34 heavy (non-hydrogen) atoms. The fraction of sp³-hybridized carbons (Fsp3) is 0.269. The zero-order chi connectivity index (χ0) is 24.7. The van der Waals surface area contributed by atoms with Crippen molar-refractivity contribution in [1.82, 2.24) is 5.32 Å². The summed E-state index contributed by atoms with van der Waals surface area (Å²) < 4.78 is 10.8. The Morgan fingerprint density at radius 3 is 2.50 bits per heavy atom. The van der Waals surface area contributed by atoms with Crippen LogP contribution in [0.3, 0.4) is 0 Å². The molecule has 0 spiro atoms. The highest BCUT2D eigenvalue weighted by Gasteiger charge is 2.36. The second-order valence-electron chi connectivity index (χ2n) is 7.62. The van der Waals surface area contributed by atoms with E-state index in [2.05, 4.69) is 16.7 Å². The van der Waals surface area contributed by atoms with Crippen molar-refractivity contribution in [1.29, 1.82) is 5.26 Å². The number of dihydropyridines is 1. The number of allylic oxidation sites excluding steroid dienone is 2. The van der Waals surface area contributed by atoms with E-state index in [1.807, 2.05) is 62.4 Å². The summed E-state index contributed by atoms with van der Waals surface area (Å²) in [4.78, 5) is 25.3. The SMILES string of the molecule is CCOc1ccccc1[C@@H]1C(C#N)=C(SCC(=O)Nc2ccc(C)cc2)NC(C)=C1C(=O)OC. The predicted molar refractivity (Wildman–Crippen MR) is 133 cm³/mol. The van der Waals surface area contributed by atoms with E-state index in [0.717, 1.165) is 5.56 Å². The van der Waals surface area contributed by atoms with Crippen LogP contribution in [-0.2, 0) is 14.3 Å². The Bertz CT molecular complexity index is 1180. The molecule has 1 atom stereocenters. The molecule has 0 saturated heterocycles. The van der Waals surface area contributed by atoms with E-state index >= 15 is 0 Å². The molecule has 1 heterocycles. The molecule has 176 valence electrons. The number of esters is 1. The highest BCUT2D eigenvalue weighted by atomic mass is 32.2. The molecular formula is C26H27N3O4S. The van der Waals surface area contributed by atoms with Gasteiger partial charge in [-0.25, -0.2) is 4.79 Å². The number of nitriles is 1. The predicted octanol–water partition coefficient (Wildman–Crippen LogP) is 4.63. The van der Waals surface area contributed by atoms with Crippen LogP contribution in [0, 0.1) is 18.3 Å². The number of rotatable bonds is 8. The van der Waals surface area contributed by atoms with Gasteiger partial charge in [-0.15, -0.1) is 0 Å². The number of thioether (sulfide) groups is 1. The lowest BCUT2D eigenvalue weighted by molar-refractivity contribution is -0.136. The Kier molecular flexibility index (Phi) is 8.39. The topological polar surface area (TPSA) is 100 Å². The summed E-state index contributed by atoms with van der Waals surface area (Å²) >= 11 is 1.21. The number of ether oxygens (including phenoxy) is 2. The molecule has 0 saturated carbocycles. The molecule has 7 nitrogen and oxygen atoms in total. The summed E-state index contributed by atoms with van der Waals surface area (Å²) in [6, 6.07) is 17.1. The van der Waals surface area contributed by atoms with Crippen molar-refractivity contribution in [2.75, 3.05) is 24.8 Å². The van der Waals surface area contributed by atoms with Crippen LogP contribution in [-0.4, -0.2) is 31.3 Å². The van der Waals surface area contributed by atoms with Crippen LogP contribution in [0.2, 0.25) is 0 Å². The number of hydrogen-bond donors (Lipinski definition) is 2. The monoisotopic (exact) mass is 477 g/mol. The molecule has 2 aromatic carbocycles. The van der Waals surface area contributed by atoms with Crippen LogP contribution in [0.15, 0.2) is 70.4 Å². The van der Waals surface area contributed by atoms with Crippen molar-refractivity contribution >= 4 is 29.3 Å². The molecule has 1 aliphatic heterocycles. The average Bonchev–Trinajstić information content (AvgIpc) is 2.84. The number of aryl methyl sites for hydroxylation is 1.